The highest BCUT2D eigenvalue weighted by molar-refractivity contribution is 6.99. The molecule has 0 saturated carbocycles. The van der Waals surface area contributed by atoms with E-state index in [4.69, 9.17) is 13.9 Å². The normalized spacial score (nSPS) is 19.1. The highest BCUT2D eigenvalue weighted by Gasteiger charge is 2.50. The van der Waals surface area contributed by atoms with Crippen molar-refractivity contribution in [3.63, 3.8) is 0 Å². The van der Waals surface area contributed by atoms with Gasteiger partial charge < -0.3 is 24.1 Å². The van der Waals surface area contributed by atoms with Gasteiger partial charge in [0.2, 0.25) is 0 Å². The monoisotopic (exact) mass is 588 g/mol. The van der Waals surface area contributed by atoms with Crippen LogP contribution < -0.4 is 15.7 Å². The zero-order valence-corrected chi connectivity index (χ0v) is 27.4. The van der Waals surface area contributed by atoms with E-state index in [-0.39, 0.29) is 5.04 Å². The molecule has 0 radical (unpaired) electrons. The first-order chi connectivity index (χ1) is 20.3. The molecule has 4 rings (SSSR count). The van der Waals surface area contributed by atoms with Gasteiger partial charge in [-0.1, -0.05) is 112 Å². The van der Waals surface area contributed by atoms with Gasteiger partial charge in [0.25, 0.3) is 8.32 Å². The van der Waals surface area contributed by atoms with Crippen molar-refractivity contribution in [2.75, 3.05) is 53.2 Å². The fourth-order valence-corrected chi connectivity index (χ4v) is 11.0. The van der Waals surface area contributed by atoms with E-state index in [2.05, 4.69) is 136 Å². The predicted octanol–water partition coefficient (Wildman–Crippen LogP) is 5.66. The summed E-state index contributed by atoms with van der Waals surface area (Å²) in [5.74, 6) is 0.579. The molecule has 0 unspecified atom stereocenters. The first-order valence-corrected chi connectivity index (χ1v) is 17.6. The Balaban J connectivity index is 1.21. The van der Waals surface area contributed by atoms with Gasteiger partial charge in [0.15, 0.2) is 0 Å². The van der Waals surface area contributed by atoms with Gasteiger partial charge in [-0.3, -0.25) is 0 Å². The minimum Gasteiger partial charge on any atom is -0.405 e. The van der Waals surface area contributed by atoms with Gasteiger partial charge in [0.1, 0.15) is 0 Å². The van der Waals surface area contributed by atoms with Crippen molar-refractivity contribution in [3.8, 4) is 0 Å². The number of rotatable bonds is 15. The van der Waals surface area contributed by atoms with Gasteiger partial charge in [0, 0.05) is 25.2 Å². The van der Waals surface area contributed by atoms with Crippen LogP contribution in [0.15, 0.2) is 91.0 Å². The summed E-state index contributed by atoms with van der Waals surface area (Å²) >= 11 is 0. The lowest BCUT2D eigenvalue weighted by molar-refractivity contribution is 0.0256. The smallest absolute Gasteiger partial charge is 0.261 e. The predicted molar refractivity (Wildman–Crippen MR) is 177 cm³/mol. The second-order valence-corrected chi connectivity index (χ2v) is 17.0. The fraction of sp³-hybridized carbons (Fsp3) is 0.500. The highest BCUT2D eigenvalue weighted by Crippen LogP contribution is 2.36. The van der Waals surface area contributed by atoms with Crippen molar-refractivity contribution >= 4 is 18.7 Å². The standard InChI is InChI=1S/C36H52N2O3Si/c1-30(31-15-9-6-10-16-31)37-35-21-23-38(5)29-32(35)22-24-39-25-26-40-27-28-41-42(36(2,3)4,33-17-11-7-12-18-33)34-19-13-8-14-20-34/h6-20,30,32,35,37H,21-29H2,1-5H3/t30-,32+,35+/m1/s1. The molecule has 1 aliphatic rings. The SMILES string of the molecule is C[C@@H](N[C@H]1CCN(C)C[C@@H]1CCOCCOCCO[Si](c1ccccc1)(c1ccccc1)C(C)(C)C)c1ccccc1. The lowest BCUT2D eigenvalue weighted by atomic mass is 9.88. The van der Waals surface area contributed by atoms with E-state index >= 15 is 0 Å². The van der Waals surface area contributed by atoms with Crippen LogP contribution in [0.4, 0.5) is 0 Å². The fourth-order valence-electron chi connectivity index (χ4n) is 6.46. The molecule has 0 aliphatic carbocycles. The summed E-state index contributed by atoms with van der Waals surface area (Å²) in [6.07, 6.45) is 2.23. The zero-order chi connectivity index (χ0) is 29.8. The second-order valence-electron chi connectivity index (χ2n) is 12.7. The van der Waals surface area contributed by atoms with Gasteiger partial charge in [-0.2, -0.15) is 0 Å². The maximum absolute atomic E-state index is 6.92. The Hall–Kier alpha value is -2.32. The molecule has 1 aliphatic heterocycles. The second kappa shape index (κ2) is 15.9. The van der Waals surface area contributed by atoms with E-state index in [1.807, 2.05) is 0 Å². The van der Waals surface area contributed by atoms with Gasteiger partial charge >= 0.3 is 0 Å². The van der Waals surface area contributed by atoms with E-state index in [1.54, 1.807) is 0 Å². The minimum absolute atomic E-state index is 0.0301. The van der Waals surface area contributed by atoms with E-state index in [0.29, 0.717) is 44.4 Å². The molecule has 5 nitrogen and oxygen atoms in total. The minimum atomic E-state index is -2.52. The molecule has 3 aromatic carbocycles. The molecule has 1 heterocycles. The van der Waals surface area contributed by atoms with Crippen molar-refractivity contribution < 1.29 is 13.9 Å². The van der Waals surface area contributed by atoms with E-state index in [1.165, 1.54) is 22.4 Å². The summed E-state index contributed by atoms with van der Waals surface area (Å²) in [5.41, 5.74) is 1.35. The summed E-state index contributed by atoms with van der Waals surface area (Å²) in [5, 5.41) is 6.47. The molecule has 0 aromatic heterocycles. The summed E-state index contributed by atoms with van der Waals surface area (Å²) < 4.78 is 19.0. The number of nitrogens with zero attached hydrogens (tertiary/aromatic N) is 1. The van der Waals surface area contributed by atoms with Crippen LogP contribution in [0, 0.1) is 5.92 Å². The van der Waals surface area contributed by atoms with E-state index in [9.17, 15) is 0 Å². The van der Waals surface area contributed by atoms with E-state index in [0.717, 1.165) is 26.1 Å². The molecule has 0 bridgehead atoms. The summed E-state index contributed by atoms with van der Waals surface area (Å²) in [6, 6.07) is 33.2. The zero-order valence-electron chi connectivity index (χ0n) is 26.4. The van der Waals surface area contributed by atoms with Crippen LogP contribution in [0.1, 0.15) is 52.1 Å². The number of likely N-dealkylation sites (tertiary alicyclic amines) is 1. The Morgan fingerprint density at radius 1 is 0.786 bits per heavy atom. The molecule has 228 valence electrons. The lowest BCUT2D eigenvalue weighted by Gasteiger charge is -2.43. The number of hydrogen-bond donors (Lipinski definition) is 1. The van der Waals surface area contributed by atoms with Gasteiger partial charge in [-0.15, -0.1) is 0 Å². The highest BCUT2D eigenvalue weighted by atomic mass is 28.4. The van der Waals surface area contributed by atoms with Crippen molar-refractivity contribution in [2.24, 2.45) is 5.92 Å². The average Bonchev–Trinajstić information content (AvgIpc) is 3.00. The van der Waals surface area contributed by atoms with Crippen LogP contribution in [0.5, 0.6) is 0 Å². The number of piperidine rings is 1. The number of hydrogen-bond acceptors (Lipinski definition) is 5. The maximum atomic E-state index is 6.92. The summed E-state index contributed by atoms with van der Waals surface area (Å²) in [6.45, 7) is 14.5. The van der Waals surface area contributed by atoms with Crippen LogP contribution >= 0.6 is 0 Å². The molecule has 1 N–H and O–H groups in total. The lowest BCUT2D eigenvalue weighted by Crippen LogP contribution is -2.66. The van der Waals surface area contributed by atoms with Crippen LogP contribution in [-0.4, -0.2) is 72.4 Å². The number of benzene rings is 3. The molecule has 42 heavy (non-hydrogen) atoms. The van der Waals surface area contributed by atoms with Crippen molar-refractivity contribution in [2.45, 2.75) is 57.7 Å². The Labute approximate surface area is 255 Å². The van der Waals surface area contributed by atoms with Crippen LogP contribution in [0.25, 0.3) is 0 Å². The Morgan fingerprint density at radius 3 is 1.88 bits per heavy atom. The molecule has 1 saturated heterocycles. The maximum Gasteiger partial charge on any atom is 0.261 e. The largest absolute Gasteiger partial charge is 0.405 e. The Morgan fingerprint density at radius 2 is 1.31 bits per heavy atom. The topological polar surface area (TPSA) is 43.0 Å². The number of ether oxygens (including phenoxy) is 2. The van der Waals surface area contributed by atoms with Crippen molar-refractivity contribution in [3.05, 3.63) is 96.6 Å². The van der Waals surface area contributed by atoms with Crippen LogP contribution in [0.3, 0.4) is 0 Å². The Bertz CT molecular complexity index is 1120. The first kappa shape index (κ1) is 32.6. The summed E-state index contributed by atoms with van der Waals surface area (Å²) in [4.78, 5) is 2.45. The van der Waals surface area contributed by atoms with E-state index < -0.39 is 8.32 Å². The van der Waals surface area contributed by atoms with Gasteiger partial charge in [-0.05, 0) is 60.3 Å². The third-order valence-corrected chi connectivity index (χ3v) is 13.7. The van der Waals surface area contributed by atoms with Crippen LogP contribution in [-0.2, 0) is 13.9 Å². The molecule has 3 atom stereocenters. The molecule has 1 fully saturated rings. The molecule has 0 amide bonds. The summed E-state index contributed by atoms with van der Waals surface area (Å²) in [7, 11) is -0.287. The third kappa shape index (κ3) is 8.62. The Kier molecular flexibility index (Phi) is 12.4. The average molecular weight is 589 g/mol. The number of nitrogens with one attached hydrogen (secondary N) is 1. The molecule has 0 spiro atoms. The van der Waals surface area contributed by atoms with Gasteiger partial charge in [0.05, 0.1) is 26.4 Å². The van der Waals surface area contributed by atoms with Crippen molar-refractivity contribution in [1.82, 2.24) is 10.2 Å². The van der Waals surface area contributed by atoms with Gasteiger partial charge in [-0.25, -0.2) is 0 Å². The van der Waals surface area contributed by atoms with Crippen LogP contribution in [0.2, 0.25) is 5.04 Å². The first-order valence-electron chi connectivity index (χ1n) is 15.7. The third-order valence-electron chi connectivity index (χ3n) is 8.67. The molecular formula is C36H52N2O3Si. The molecule has 6 heteroatoms. The molecular weight excluding hydrogens is 536 g/mol. The quantitative estimate of drug-likeness (QED) is 0.183. The van der Waals surface area contributed by atoms with Crippen molar-refractivity contribution in [1.29, 1.82) is 0 Å². The molecule has 3 aromatic rings.